The fraction of sp³-hybridized carbons (Fsp3) is 0.444. The second-order valence-corrected chi connectivity index (χ2v) is 5.24. The molecule has 0 atom stereocenters. The van der Waals surface area contributed by atoms with E-state index in [0.717, 1.165) is 23.7 Å². The van der Waals surface area contributed by atoms with Gasteiger partial charge in [0, 0.05) is 22.6 Å². The molecule has 1 aromatic heterocycles. The predicted molar refractivity (Wildman–Crippen MR) is 57.4 cm³/mol. The summed E-state index contributed by atoms with van der Waals surface area (Å²) in [6.45, 7) is 2.93. The van der Waals surface area contributed by atoms with Gasteiger partial charge in [0.15, 0.2) is 0 Å². The van der Waals surface area contributed by atoms with Crippen LogP contribution < -0.4 is 0 Å². The Labute approximate surface area is 85.9 Å². The fourth-order valence-electron chi connectivity index (χ4n) is 1.31. The smallest absolute Gasteiger partial charge is 0.255 e. The van der Waals surface area contributed by atoms with Gasteiger partial charge in [0.2, 0.25) is 0 Å². The van der Waals surface area contributed by atoms with Crippen molar-refractivity contribution in [3.05, 3.63) is 21.9 Å². The highest BCUT2D eigenvalue weighted by atomic mass is 32.2. The minimum atomic E-state index is 0.189. The minimum Gasteiger partial charge on any atom is -0.329 e. The molecule has 0 unspecified atom stereocenters. The van der Waals surface area contributed by atoms with Crippen molar-refractivity contribution in [1.29, 1.82) is 0 Å². The van der Waals surface area contributed by atoms with Crippen LogP contribution >= 0.6 is 23.1 Å². The normalized spacial score (nSPS) is 16.5. The zero-order valence-electron chi connectivity index (χ0n) is 7.45. The highest BCUT2D eigenvalue weighted by Gasteiger charge is 2.20. The number of hydrogen-bond acceptors (Lipinski definition) is 3. The molecule has 1 aliphatic heterocycles. The van der Waals surface area contributed by atoms with Crippen LogP contribution in [0.15, 0.2) is 11.4 Å². The van der Waals surface area contributed by atoms with Gasteiger partial charge in [-0.1, -0.05) is 0 Å². The van der Waals surface area contributed by atoms with Gasteiger partial charge in [0.1, 0.15) is 0 Å². The molecule has 1 aliphatic rings. The summed E-state index contributed by atoms with van der Waals surface area (Å²) in [6, 6.07) is 1.97. The molecule has 70 valence electrons. The largest absolute Gasteiger partial charge is 0.329 e. The number of thiophene rings is 1. The lowest BCUT2D eigenvalue weighted by Gasteiger charge is -2.12. The van der Waals surface area contributed by atoms with Gasteiger partial charge in [-0.3, -0.25) is 4.79 Å². The van der Waals surface area contributed by atoms with Crippen molar-refractivity contribution in [2.24, 2.45) is 0 Å². The van der Waals surface area contributed by atoms with Crippen LogP contribution in [0.2, 0.25) is 0 Å². The van der Waals surface area contributed by atoms with E-state index < -0.39 is 0 Å². The molecule has 0 saturated carbocycles. The highest BCUT2D eigenvalue weighted by Crippen LogP contribution is 2.19. The van der Waals surface area contributed by atoms with Crippen molar-refractivity contribution in [3.8, 4) is 0 Å². The molecular formula is C9H11NOS2. The number of amides is 1. The first-order valence-electron chi connectivity index (χ1n) is 4.19. The van der Waals surface area contributed by atoms with Crippen LogP contribution in [-0.4, -0.2) is 29.0 Å². The van der Waals surface area contributed by atoms with E-state index in [-0.39, 0.29) is 5.91 Å². The first-order valence-corrected chi connectivity index (χ1v) is 6.23. The molecule has 4 heteroatoms. The van der Waals surface area contributed by atoms with Gasteiger partial charge < -0.3 is 4.90 Å². The van der Waals surface area contributed by atoms with Crippen molar-refractivity contribution in [3.63, 3.8) is 0 Å². The Morgan fingerprint density at radius 2 is 2.46 bits per heavy atom. The van der Waals surface area contributed by atoms with Crippen molar-refractivity contribution in [1.82, 2.24) is 4.90 Å². The maximum Gasteiger partial charge on any atom is 0.255 e. The summed E-state index contributed by atoms with van der Waals surface area (Å²) in [4.78, 5) is 14.9. The van der Waals surface area contributed by atoms with Crippen molar-refractivity contribution in [2.75, 3.05) is 18.2 Å². The zero-order chi connectivity index (χ0) is 9.26. The molecule has 0 bridgehead atoms. The first-order chi connectivity index (χ1) is 6.27. The number of hydrogen-bond donors (Lipinski definition) is 0. The lowest BCUT2D eigenvalue weighted by molar-refractivity contribution is 0.0803. The minimum absolute atomic E-state index is 0.189. The number of carbonyl (C=O) groups is 1. The van der Waals surface area contributed by atoms with E-state index in [4.69, 9.17) is 0 Å². The van der Waals surface area contributed by atoms with Crippen LogP contribution in [0.5, 0.6) is 0 Å². The van der Waals surface area contributed by atoms with E-state index in [0.29, 0.717) is 0 Å². The van der Waals surface area contributed by atoms with Crippen LogP contribution in [0.25, 0.3) is 0 Å². The standard InChI is InChI=1S/C9H11NOS2/c1-7-4-8(5-13-7)9(11)10-2-3-12-6-10/h4-5H,2-3,6H2,1H3. The number of nitrogens with zero attached hydrogens (tertiary/aromatic N) is 1. The van der Waals surface area contributed by atoms with Crippen molar-refractivity contribution < 1.29 is 4.79 Å². The van der Waals surface area contributed by atoms with Gasteiger partial charge in [-0.25, -0.2) is 0 Å². The van der Waals surface area contributed by atoms with Gasteiger partial charge in [0.05, 0.1) is 11.4 Å². The topological polar surface area (TPSA) is 20.3 Å². The van der Waals surface area contributed by atoms with E-state index >= 15 is 0 Å². The van der Waals surface area contributed by atoms with Crippen LogP contribution in [-0.2, 0) is 0 Å². The average Bonchev–Trinajstić information content (AvgIpc) is 2.72. The average molecular weight is 213 g/mol. The van der Waals surface area contributed by atoms with Crippen molar-refractivity contribution >= 4 is 29.0 Å². The zero-order valence-corrected chi connectivity index (χ0v) is 9.08. The Balaban J connectivity index is 2.12. The van der Waals surface area contributed by atoms with Crippen molar-refractivity contribution in [2.45, 2.75) is 6.92 Å². The molecule has 1 saturated heterocycles. The van der Waals surface area contributed by atoms with Crippen LogP contribution in [0.3, 0.4) is 0 Å². The molecule has 2 nitrogen and oxygen atoms in total. The highest BCUT2D eigenvalue weighted by molar-refractivity contribution is 7.99. The number of carbonyl (C=O) groups excluding carboxylic acids is 1. The summed E-state index contributed by atoms with van der Waals surface area (Å²) in [7, 11) is 0. The second kappa shape index (κ2) is 3.72. The summed E-state index contributed by atoms with van der Waals surface area (Å²) < 4.78 is 0. The quantitative estimate of drug-likeness (QED) is 0.713. The Morgan fingerprint density at radius 3 is 3.00 bits per heavy atom. The Hall–Kier alpha value is -0.480. The molecule has 0 N–H and O–H groups in total. The molecule has 13 heavy (non-hydrogen) atoms. The summed E-state index contributed by atoms with van der Waals surface area (Å²) >= 11 is 3.46. The lowest BCUT2D eigenvalue weighted by Crippen LogP contribution is -2.27. The molecule has 0 radical (unpaired) electrons. The monoisotopic (exact) mass is 213 g/mol. The third-order valence-corrected chi connectivity index (χ3v) is 3.84. The Kier molecular flexibility index (Phi) is 2.60. The first kappa shape index (κ1) is 9.09. The third kappa shape index (κ3) is 1.89. The molecular weight excluding hydrogens is 202 g/mol. The van der Waals surface area contributed by atoms with E-state index in [1.807, 2.05) is 35.0 Å². The Bertz CT molecular complexity index is 315. The number of aryl methyl sites for hydroxylation is 1. The lowest BCUT2D eigenvalue weighted by atomic mass is 10.3. The molecule has 1 amide bonds. The molecule has 0 aliphatic carbocycles. The van der Waals surface area contributed by atoms with E-state index in [1.165, 1.54) is 4.88 Å². The van der Waals surface area contributed by atoms with Gasteiger partial charge in [0.25, 0.3) is 5.91 Å². The van der Waals surface area contributed by atoms with E-state index in [2.05, 4.69) is 0 Å². The maximum atomic E-state index is 11.8. The summed E-state index contributed by atoms with van der Waals surface area (Å²) in [5.74, 6) is 2.12. The van der Waals surface area contributed by atoms with E-state index in [1.54, 1.807) is 11.3 Å². The molecule has 2 rings (SSSR count). The van der Waals surface area contributed by atoms with Gasteiger partial charge in [-0.15, -0.1) is 23.1 Å². The summed E-state index contributed by atoms with van der Waals surface area (Å²) in [5, 5.41) is 1.95. The van der Waals surface area contributed by atoms with Crippen LogP contribution in [0, 0.1) is 6.92 Å². The van der Waals surface area contributed by atoms with Crippen LogP contribution in [0.4, 0.5) is 0 Å². The fourth-order valence-corrected chi connectivity index (χ4v) is 2.93. The van der Waals surface area contributed by atoms with E-state index in [9.17, 15) is 4.79 Å². The predicted octanol–water partition coefficient (Wildman–Crippen LogP) is 2.20. The maximum absolute atomic E-state index is 11.8. The molecule has 2 heterocycles. The third-order valence-electron chi connectivity index (χ3n) is 2.02. The molecule has 1 fully saturated rings. The van der Waals surface area contributed by atoms with Crippen LogP contribution in [0.1, 0.15) is 15.2 Å². The molecule has 0 spiro atoms. The molecule has 1 aromatic rings. The Morgan fingerprint density at radius 1 is 1.62 bits per heavy atom. The van der Waals surface area contributed by atoms with Gasteiger partial charge in [-0.2, -0.15) is 0 Å². The summed E-state index contributed by atoms with van der Waals surface area (Å²) in [6.07, 6.45) is 0. The SMILES string of the molecule is Cc1cc(C(=O)N2CCSC2)cs1. The number of rotatable bonds is 1. The number of thioether (sulfide) groups is 1. The summed E-state index contributed by atoms with van der Waals surface area (Å²) in [5.41, 5.74) is 0.852. The molecule has 0 aromatic carbocycles. The van der Waals surface area contributed by atoms with Gasteiger partial charge in [-0.05, 0) is 13.0 Å². The second-order valence-electron chi connectivity index (χ2n) is 3.05. The van der Waals surface area contributed by atoms with Gasteiger partial charge >= 0.3 is 0 Å².